The molecule has 2 fully saturated rings. The normalized spacial score (nSPS) is 22.9. The molecule has 3 aromatic carbocycles. The molecule has 0 N–H and O–H groups in total. The number of carbonyl (C=O) groups excluding carboxylic acids is 2. The molecule has 2 atom stereocenters. The average Bonchev–Trinajstić information content (AvgIpc) is 3.31. The Morgan fingerprint density at radius 3 is 2.16 bits per heavy atom. The molecule has 1 saturated carbocycles. The average molecular weight is 465 g/mol. The Kier molecular flexibility index (Phi) is 5.23. The Bertz CT molecular complexity index is 1180. The van der Waals surface area contributed by atoms with E-state index in [9.17, 15) is 9.59 Å². The minimum atomic E-state index is -0.903. The Balaban J connectivity index is 1.52. The summed E-state index contributed by atoms with van der Waals surface area (Å²) in [4.78, 5) is 29.9. The van der Waals surface area contributed by atoms with E-state index in [0.717, 1.165) is 29.5 Å². The zero-order valence-electron chi connectivity index (χ0n) is 17.6. The number of likely N-dealkylation sites (N-methyl/N-ethyl adjacent to an activating group) is 1. The summed E-state index contributed by atoms with van der Waals surface area (Å²) in [6.07, 6.45) is 2.35. The van der Waals surface area contributed by atoms with Crippen molar-refractivity contribution >= 4 is 40.8 Å². The highest BCUT2D eigenvalue weighted by atomic mass is 35.5. The van der Waals surface area contributed by atoms with Crippen LogP contribution in [-0.2, 0) is 4.79 Å². The van der Waals surface area contributed by atoms with Crippen LogP contribution in [0.15, 0.2) is 72.8 Å². The number of rotatable bonds is 3. The lowest BCUT2D eigenvalue weighted by Gasteiger charge is -2.34. The Morgan fingerprint density at radius 2 is 1.50 bits per heavy atom. The summed E-state index contributed by atoms with van der Waals surface area (Å²) in [6.45, 7) is 0. The highest BCUT2D eigenvalue weighted by Gasteiger charge is 2.62. The molecule has 32 heavy (non-hydrogen) atoms. The molecule has 1 spiro atoms. The van der Waals surface area contributed by atoms with Gasteiger partial charge >= 0.3 is 6.03 Å². The van der Waals surface area contributed by atoms with Crippen LogP contribution in [0.1, 0.15) is 30.7 Å². The van der Waals surface area contributed by atoms with Gasteiger partial charge in [-0.15, -0.1) is 0 Å². The van der Waals surface area contributed by atoms with Gasteiger partial charge in [0.15, 0.2) is 0 Å². The van der Waals surface area contributed by atoms with Crippen molar-refractivity contribution in [1.29, 1.82) is 0 Å². The van der Waals surface area contributed by atoms with Gasteiger partial charge in [0.25, 0.3) is 5.91 Å². The van der Waals surface area contributed by atoms with E-state index in [1.807, 2.05) is 18.2 Å². The second kappa shape index (κ2) is 7.95. The molecule has 0 radical (unpaired) electrons. The van der Waals surface area contributed by atoms with Gasteiger partial charge in [-0.2, -0.15) is 0 Å². The largest absolute Gasteiger partial charge is 0.332 e. The van der Waals surface area contributed by atoms with E-state index in [-0.39, 0.29) is 17.9 Å². The second-order valence-electron chi connectivity index (χ2n) is 8.47. The first-order valence-electron chi connectivity index (χ1n) is 10.7. The zero-order valence-corrected chi connectivity index (χ0v) is 19.1. The minimum absolute atomic E-state index is 0.0755. The van der Waals surface area contributed by atoms with E-state index >= 15 is 0 Å². The number of anilines is 1. The number of urea groups is 1. The summed E-state index contributed by atoms with van der Waals surface area (Å²) >= 11 is 12.3. The fourth-order valence-corrected chi connectivity index (χ4v) is 5.78. The number of carbonyl (C=O) groups is 2. The van der Waals surface area contributed by atoms with Crippen molar-refractivity contribution in [2.24, 2.45) is 0 Å². The van der Waals surface area contributed by atoms with E-state index in [2.05, 4.69) is 36.4 Å². The smallest absolute Gasteiger partial charge is 0.312 e. The number of amides is 3. The lowest BCUT2D eigenvalue weighted by molar-refractivity contribution is -0.125. The highest BCUT2D eigenvalue weighted by Crippen LogP contribution is 2.51. The molecule has 6 heteroatoms. The van der Waals surface area contributed by atoms with Crippen LogP contribution >= 0.6 is 23.2 Å². The summed E-state index contributed by atoms with van der Waals surface area (Å²) in [5, 5.41) is 0.771. The standard InChI is InChI=1S/C26H22Cl2N2O2/c1-29-25(32)30(22-15-20(27)14-21(28)16-22)24(31)26(29)13-5-8-23(26)19-11-9-18(10-12-19)17-6-3-2-4-7-17/h2-4,6-7,9-12,14-16,23H,5,8,13H2,1H3/t23-,26+/m0/s1. The van der Waals surface area contributed by atoms with Crippen LogP contribution in [0.2, 0.25) is 10.0 Å². The van der Waals surface area contributed by atoms with Gasteiger partial charge in [0.2, 0.25) is 0 Å². The fourth-order valence-electron chi connectivity index (χ4n) is 5.27. The highest BCUT2D eigenvalue weighted by molar-refractivity contribution is 6.35. The van der Waals surface area contributed by atoms with Gasteiger partial charge in [-0.05, 0) is 54.2 Å². The van der Waals surface area contributed by atoms with Crippen LogP contribution in [0.4, 0.5) is 10.5 Å². The lowest BCUT2D eigenvalue weighted by Crippen LogP contribution is -2.49. The van der Waals surface area contributed by atoms with Gasteiger partial charge in [0.1, 0.15) is 5.54 Å². The number of nitrogens with zero attached hydrogens (tertiary/aromatic N) is 2. The number of benzene rings is 3. The Morgan fingerprint density at radius 1 is 0.875 bits per heavy atom. The van der Waals surface area contributed by atoms with Crippen LogP contribution in [0, 0.1) is 0 Å². The monoisotopic (exact) mass is 464 g/mol. The summed E-state index contributed by atoms with van der Waals surface area (Å²) in [7, 11) is 1.73. The second-order valence-corrected chi connectivity index (χ2v) is 9.34. The molecule has 1 heterocycles. The fraction of sp³-hybridized carbons (Fsp3) is 0.231. The molecule has 3 amide bonds. The van der Waals surface area contributed by atoms with Gasteiger partial charge in [-0.3, -0.25) is 4.79 Å². The maximum Gasteiger partial charge on any atom is 0.332 e. The molecule has 0 unspecified atom stereocenters. The molecule has 1 aliphatic carbocycles. The number of imide groups is 1. The summed E-state index contributed by atoms with van der Waals surface area (Å²) in [6, 6.07) is 23.0. The molecule has 0 bridgehead atoms. The molecule has 0 aromatic heterocycles. The van der Waals surface area contributed by atoms with E-state index in [1.165, 1.54) is 4.90 Å². The molecular weight excluding hydrogens is 443 g/mol. The molecule has 2 aliphatic rings. The van der Waals surface area contributed by atoms with E-state index < -0.39 is 5.54 Å². The molecule has 162 valence electrons. The number of hydrogen-bond donors (Lipinski definition) is 0. The first-order valence-corrected chi connectivity index (χ1v) is 11.4. The summed E-state index contributed by atoms with van der Waals surface area (Å²) < 4.78 is 0. The first kappa shape index (κ1) is 21.0. The van der Waals surface area contributed by atoms with Gasteiger partial charge in [-0.1, -0.05) is 77.8 Å². The minimum Gasteiger partial charge on any atom is -0.312 e. The predicted octanol–water partition coefficient (Wildman–Crippen LogP) is 6.77. The van der Waals surface area contributed by atoms with E-state index in [4.69, 9.17) is 23.2 Å². The third kappa shape index (κ3) is 3.21. The van der Waals surface area contributed by atoms with Gasteiger partial charge in [0.05, 0.1) is 5.69 Å². The third-order valence-electron chi connectivity index (χ3n) is 6.80. The van der Waals surface area contributed by atoms with Crippen molar-refractivity contribution in [3.63, 3.8) is 0 Å². The van der Waals surface area contributed by atoms with Crippen molar-refractivity contribution < 1.29 is 9.59 Å². The van der Waals surface area contributed by atoms with Gasteiger partial charge < -0.3 is 4.90 Å². The van der Waals surface area contributed by atoms with Gasteiger partial charge in [-0.25, -0.2) is 9.69 Å². The van der Waals surface area contributed by atoms with Crippen molar-refractivity contribution in [3.8, 4) is 11.1 Å². The molecule has 4 nitrogen and oxygen atoms in total. The molecule has 3 aromatic rings. The maximum absolute atomic E-state index is 13.8. The maximum atomic E-state index is 13.8. The molecule has 1 saturated heterocycles. The molecule has 1 aliphatic heterocycles. The Hall–Kier alpha value is -2.82. The topological polar surface area (TPSA) is 40.6 Å². The van der Waals surface area contributed by atoms with Crippen LogP contribution < -0.4 is 4.90 Å². The van der Waals surface area contributed by atoms with Crippen molar-refractivity contribution in [2.45, 2.75) is 30.7 Å². The summed E-state index contributed by atoms with van der Waals surface area (Å²) in [5.74, 6) is -0.286. The van der Waals surface area contributed by atoms with Gasteiger partial charge in [0, 0.05) is 23.0 Å². The quantitative estimate of drug-likeness (QED) is 0.401. The van der Waals surface area contributed by atoms with Crippen molar-refractivity contribution in [3.05, 3.63) is 88.4 Å². The van der Waals surface area contributed by atoms with Crippen LogP contribution in [0.5, 0.6) is 0 Å². The number of halogens is 2. The zero-order chi connectivity index (χ0) is 22.5. The lowest BCUT2D eigenvalue weighted by atomic mass is 9.80. The van der Waals surface area contributed by atoms with E-state index in [0.29, 0.717) is 22.2 Å². The van der Waals surface area contributed by atoms with Crippen molar-refractivity contribution in [2.75, 3.05) is 11.9 Å². The first-order chi connectivity index (χ1) is 15.4. The molecular formula is C26H22Cl2N2O2. The third-order valence-corrected chi connectivity index (χ3v) is 7.24. The Labute approximate surface area is 197 Å². The SMILES string of the molecule is CN1C(=O)N(c2cc(Cl)cc(Cl)c2)C(=O)[C@]12CCC[C@H]2c1ccc(-c2ccccc2)cc1. The summed E-state index contributed by atoms with van der Waals surface area (Å²) in [5.41, 5.74) is 2.85. The van der Waals surface area contributed by atoms with Crippen LogP contribution in [0.25, 0.3) is 11.1 Å². The van der Waals surface area contributed by atoms with Crippen LogP contribution in [-0.4, -0.2) is 29.4 Å². The molecule has 5 rings (SSSR count). The van der Waals surface area contributed by atoms with Crippen LogP contribution in [0.3, 0.4) is 0 Å². The van der Waals surface area contributed by atoms with E-state index in [1.54, 1.807) is 30.1 Å². The van der Waals surface area contributed by atoms with Crippen molar-refractivity contribution in [1.82, 2.24) is 4.90 Å². The predicted molar refractivity (Wildman–Crippen MR) is 128 cm³/mol. The number of hydrogen-bond acceptors (Lipinski definition) is 2.